The first-order valence-corrected chi connectivity index (χ1v) is 6.09. The lowest BCUT2D eigenvalue weighted by molar-refractivity contribution is -0.120. The van der Waals surface area contributed by atoms with Crippen molar-refractivity contribution in [3.05, 3.63) is 28.5 Å². The number of halogens is 1. The second-order valence-corrected chi connectivity index (χ2v) is 4.17. The summed E-state index contributed by atoms with van der Waals surface area (Å²) in [7, 11) is 0. The van der Waals surface area contributed by atoms with Crippen LogP contribution in [0.5, 0.6) is 0 Å². The summed E-state index contributed by atoms with van der Waals surface area (Å²) in [6.07, 6.45) is 0.261. The number of carbonyl (C=O) groups is 2. The molecule has 0 aliphatic heterocycles. The van der Waals surface area contributed by atoms with E-state index >= 15 is 0 Å². The molecule has 2 amide bonds. The Bertz CT molecular complexity index is 429. The minimum atomic E-state index is -0.258. The van der Waals surface area contributed by atoms with Crippen LogP contribution in [0.4, 0.5) is 0 Å². The summed E-state index contributed by atoms with van der Waals surface area (Å²) in [5.74, 6) is -0.339. The van der Waals surface area contributed by atoms with Crippen molar-refractivity contribution >= 4 is 23.4 Å². The molecule has 0 aliphatic rings. The van der Waals surface area contributed by atoms with Crippen molar-refractivity contribution in [2.75, 3.05) is 13.1 Å². The molecule has 0 unspecified atom stereocenters. The summed E-state index contributed by atoms with van der Waals surface area (Å²) in [5, 5.41) is 5.59. The number of aromatic nitrogens is 1. The Kier molecular flexibility index (Phi) is 5.58. The third-order valence-electron chi connectivity index (χ3n) is 2.20. The van der Waals surface area contributed by atoms with Crippen LogP contribution >= 0.6 is 11.6 Å². The van der Waals surface area contributed by atoms with E-state index in [1.807, 2.05) is 6.92 Å². The largest absolute Gasteiger partial charge is 0.356 e. The Morgan fingerprint density at radius 2 is 2.06 bits per heavy atom. The van der Waals surface area contributed by atoms with E-state index in [2.05, 4.69) is 15.6 Å². The fourth-order valence-electron chi connectivity index (χ4n) is 1.44. The van der Waals surface area contributed by atoms with Gasteiger partial charge in [-0.3, -0.25) is 9.59 Å². The zero-order chi connectivity index (χ0) is 13.5. The first-order chi connectivity index (χ1) is 8.52. The number of carbonyl (C=O) groups excluding carboxylic acids is 2. The van der Waals surface area contributed by atoms with Gasteiger partial charge in [-0.25, -0.2) is 4.98 Å². The minimum Gasteiger partial charge on any atom is -0.356 e. The zero-order valence-corrected chi connectivity index (χ0v) is 11.2. The molecule has 18 heavy (non-hydrogen) atoms. The summed E-state index contributed by atoms with van der Waals surface area (Å²) in [5.41, 5.74) is 1.12. The Morgan fingerprint density at radius 3 is 2.67 bits per heavy atom. The molecule has 6 heteroatoms. The molecule has 1 aromatic heterocycles. The van der Waals surface area contributed by atoms with Crippen LogP contribution in [0.2, 0.25) is 5.15 Å². The van der Waals surface area contributed by atoms with Gasteiger partial charge in [0.05, 0.1) is 0 Å². The molecule has 0 bridgehead atoms. The fourth-order valence-corrected chi connectivity index (χ4v) is 1.69. The van der Waals surface area contributed by atoms with E-state index in [9.17, 15) is 9.59 Å². The first kappa shape index (κ1) is 14.4. The molecule has 0 atom stereocenters. The van der Waals surface area contributed by atoms with Gasteiger partial charge in [-0.05, 0) is 26.0 Å². The van der Waals surface area contributed by atoms with E-state index in [-0.39, 0.29) is 23.4 Å². The van der Waals surface area contributed by atoms with Crippen molar-refractivity contribution in [1.82, 2.24) is 15.6 Å². The van der Waals surface area contributed by atoms with E-state index in [1.165, 1.54) is 6.07 Å². The van der Waals surface area contributed by atoms with Crippen LogP contribution in [0.3, 0.4) is 0 Å². The molecule has 0 spiro atoms. The highest BCUT2D eigenvalue weighted by atomic mass is 35.5. The lowest BCUT2D eigenvalue weighted by atomic mass is 10.2. The lowest BCUT2D eigenvalue weighted by Gasteiger charge is -2.06. The van der Waals surface area contributed by atoms with Crippen molar-refractivity contribution in [1.29, 1.82) is 0 Å². The van der Waals surface area contributed by atoms with Crippen molar-refractivity contribution in [3.8, 4) is 0 Å². The van der Waals surface area contributed by atoms with Gasteiger partial charge in [0.1, 0.15) is 5.15 Å². The maximum Gasteiger partial charge on any atom is 0.251 e. The molecule has 98 valence electrons. The number of rotatable bonds is 5. The molecule has 0 aromatic carbocycles. The molecule has 1 rings (SSSR count). The maximum absolute atomic E-state index is 11.8. The van der Waals surface area contributed by atoms with Crippen molar-refractivity contribution in [2.24, 2.45) is 0 Å². The van der Waals surface area contributed by atoms with Gasteiger partial charge in [0.2, 0.25) is 5.91 Å². The number of nitrogens with one attached hydrogen (secondary N) is 2. The zero-order valence-electron chi connectivity index (χ0n) is 10.4. The van der Waals surface area contributed by atoms with Crippen LogP contribution in [0, 0.1) is 6.92 Å². The summed E-state index contributed by atoms with van der Waals surface area (Å²) in [4.78, 5) is 26.9. The molecule has 0 aliphatic carbocycles. The smallest absolute Gasteiger partial charge is 0.251 e. The van der Waals surface area contributed by atoms with Crippen LogP contribution in [0.25, 0.3) is 0 Å². The third-order valence-corrected chi connectivity index (χ3v) is 2.39. The van der Waals surface area contributed by atoms with Gasteiger partial charge in [0.15, 0.2) is 0 Å². The highest BCUT2D eigenvalue weighted by molar-refractivity contribution is 6.29. The first-order valence-electron chi connectivity index (χ1n) is 5.72. The summed E-state index contributed by atoms with van der Waals surface area (Å²) < 4.78 is 0. The number of nitrogens with zero attached hydrogens (tertiary/aromatic N) is 1. The topological polar surface area (TPSA) is 71.1 Å². The summed E-state index contributed by atoms with van der Waals surface area (Å²) >= 11 is 5.76. The van der Waals surface area contributed by atoms with Gasteiger partial charge in [-0.2, -0.15) is 0 Å². The molecular weight excluding hydrogens is 254 g/mol. The summed E-state index contributed by atoms with van der Waals surface area (Å²) in [6.45, 7) is 4.49. The molecular formula is C12H16ClN3O2. The highest BCUT2D eigenvalue weighted by Gasteiger charge is 2.08. The van der Waals surface area contributed by atoms with Gasteiger partial charge >= 0.3 is 0 Å². The Balaban J connectivity index is 2.48. The second kappa shape index (κ2) is 6.96. The molecule has 5 nitrogen and oxygen atoms in total. The van der Waals surface area contributed by atoms with Gasteiger partial charge in [-0.1, -0.05) is 11.6 Å². The van der Waals surface area contributed by atoms with Crippen LogP contribution in [-0.4, -0.2) is 29.9 Å². The van der Waals surface area contributed by atoms with Crippen LogP contribution < -0.4 is 10.6 Å². The summed E-state index contributed by atoms with van der Waals surface area (Å²) in [6, 6.07) is 3.14. The van der Waals surface area contributed by atoms with Crippen LogP contribution in [-0.2, 0) is 4.79 Å². The van der Waals surface area contributed by atoms with Crippen molar-refractivity contribution < 1.29 is 9.59 Å². The standard InChI is InChI=1S/C12H16ClN3O2/c1-3-14-11(17)4-5-15-12(18)9-6-8(2)16-10(13)7-9/h6-7H,3-5H2,1-2H3,(H,14,17)(H,15,18). The number of hydrogen-bond donors (Lipinski definition) is 2. The van der Waals surface area contributed by atoms with Gasteiger partial charge in [-0.15, -0.1) is 0 Å². The molecule has 0 saturated carbocycles. The van der Waals surface area contributed by atoms with Gasteiger partial charge < -0.3 is 10.6 Å². The quantitative estimate of drug-likeness (QED) is 0.792. The van der Waals surface area contributed by atoms with Crippen molar-refractivity contribution in [3.63, 3.8) is 0 Å². The molecule has 1 heterocycles. The Morgan fingerprint density at radius 1 is 1.33 bits per heavy atom. The normalized spacial score (nSPS) is 9.94. The number of hydrogen-bond acceptors (Lipinski definition) is 3. The molecule has 0 radical (unpaired) electrons. The number of aryl methyl sites for hydroxylation is 1. The van der Waals surface area contributed by atoms with E-state index in [4.69, 9.17) is 11.6 Å². The third kappa shape index (κ3) is 4.71. The average Bonchev–Trinajstić information content (AvgIpc) is 2.27. The second-order valence-electron chi connectivity index (χ2n) is 3.78. The van der Waals surface area contributed by atoms with E-state index in [0.29, 0.717) is 24.3 Å². The van der Waals surface area contributed by atoms with Gasteiger partial charge in [0.25, 0.3) is 5.91 Å². The van der Waals surface area contributed by atoms with Crippen molar-refractivity contribution in [2.45, 2.75) is 20.3 Å². The Hall–Kier alpha value is -1.62. The number of amides is 2. The lowest BCUT2D eigenvalue weighted by Crippen LogP contribution is -2.30. The van der Waals surface area contributed by atoms with Crippen LogP contribution in [0.15, 0.2) is 12.1 Å². The number of pyridine rings is 1. The van der Waals surface area contributed by atoms with E-state index in [0.717, 1.165) is 0 Å². The fraction of sp³-hybridized carbons (Fsp3) is 0.417. The molecule has 0 fully saturated rings. The molecule has 2 N–H and O–H groups in total. The molecule has 0 saturated heterocycles. The predicted octanol–water partition coefficient (Wildman–Crippen LogP) is 1.30. The van der Waals surface area contributed by atoms with Crippen LogP contribution in [0.1, 0.15) is 29.4 Å². The van der Waals surface area contributed by atoms with Gasteiger partial charge in [0, 0.05) is 30.8 Å². The van der Waals surface area contributed by atoms with E-state index in [1.54, 1.807) is 13.0 Å². The Labute approximate surface area is 111 Å². The monoisotopic (exact) mass is 269 g/mol. The molecule has 1 aromatic rings. The SMILES string of the molecule is CCNC(=O)CCNC(=O)c1cc(C)nc(Cl)c1. The maximum atomic E-state index is 11.8. The van der Waals surface area contributed by atoms with E-state index < -0.39 is 0 Å². The highest BCUT2D eigenvalue weighted by Crippen LogP contribution is 2.10. The predicted molar refractivity (Wildman–Crippen MR) is 69.6 cm³/mol. The average molecular weight is 270 g/mol. The minimum absolute atomic E-state index is 0.0817.